The van der Waals surface area contributed by atoms with Crippen molar-refractivity contribution in [3.05, 3.63) is 83.4 Å². The molecule has 3 aromatic rings. The van der Waals surface area contributed by atoms with E-state index in [2.05, 4.69) is 22.8 Å². The molecule has 0 aromatic heterocycles. The molecule has 3 aromatic carbocycles. The van der Waals surface area contributed by atoms with Crippen LogP contribution in [0.3, 0.4) is 0 Å². The normalized spacial score (nSPS) is 12.7. The Kier molecular flexibility index (Phi) is 7.01. The van der Waals surface area contributed by atoms with Crippen LogP contribution >= 0.6 is 0 Å². The van der Waals surface area contributed by atoms with Gasteiger partial charge in [-0.05, 0) is 47.4 Å². The van der Waals surface area contributed by atoms with E-state index >= 15 is 0 Å². The average Bonchev–Trinajstić information content (AvgIpc) is 3.16. The van der Waals surface area contributed by atoms with Gasteiger partial charge in [0, 0.05) is 18.4 Å². The summed E-state index contributed by atoms with van der Waals surface area (Å²) in [5.74, 6) is -1.24. The van der Waals surface area contributed by atoms with Gasteiger partial charge < -0.3 is 25.2 Å². The summed E-state index contributed by atoms with van der Waals surface area (Å²) >= 11 is 0. The predicted molar refractivity (Wildman–Crippen MR) is 131 cm³/mol. The van der Waals surface area contributed by atoms with Gasteiger partial charge in [0.15, 0.2) is 0 Å². The van der Waals surface area contributed by atoms with E-state index in [1.807, 2.05) is 36.4 Å². The molecule has 0 heterocycles. The molecule has 1 atom stereocenters. The summed E-state index contributed by atoms with van der Waals surface area (Å²) in [5, 5.41) is 14.5. The number of methoxy groups -OCH3 is 1. The minimum absolute atomic E-state index is 0.0194. The number of benzene rings is 3. The van der Waals surface area contributed by atoms with E-state index in [4.69, 9.17) is 9.47 Å². The molecular weight excluding hydrogens is 448 g/mol. The van der Waals surface area contributed by atoms with Crippen molar-refractivity contribution < 1.29 is 29.0 Å². The molecule has 1 aliphatic rings. The lowest BCUT2D eigenvalue weighted by Gasteiger charge is -2.17. The summed E-state index contributed by atoms with van der Waals surface area (Å²) in [6.07, 6.45) is -0.650. The Hall–Kier alpha value is -4.33. The van der Waals surface area contributed by atoms with Crippen molar-refractivity contribution in [2.24, 2.45) is 0 Å². The number of carbonyl (C=O) groups excluding carboxylic acids is 2. The maximum atomic E-state index is 12.5. The molecule has 8 heteroatoms. The molecule has 0 spiro atoms. The third-order valence-electron chi connectivity index (χ3n) is 5.92. The van der Waals surface area contributed by atoms with Crippen LogP contribution in [-0.2, 0) is 9.53 Å². The van der Waals surface area contributed by atoms with Crippen LogP contribution in [0, 0.1) is 0 Å². The fourth-order valence-corrected chi connectivity index (χ4v) is 4.31. The average molecular weight is 475 g/mol. The molecule has 4 rings (SSSR count). The summed E-state index contributed by atoms with van der Waals surface area (Å²) in [4.78, 5) is 36.1. The van der Waals surface area contributed by atoms with E-state index in [0.717, 1.165) is 22.3 Å². The Morgan fingerprint density at radius 2 is 1.60 bits per heavy atom. The highest BCUT2D eigenvalue weighted by molar-refractivity contribution is 5.96. The summed E-state index contributed by atoms with van der Waals surface area (Å²) in [6, 6.07) is 19.8. The summed E-state index contributed by atoms with van der Waals surface area (Å²) in [5.41, 5.74) is 4.78. The van der Waals surface area contributed by atoms with E-state index in [1.54, 1.807) is 6.92 Å². The molecule has 8 nitrogen and oxygen atoms in total. The first-order valence-electron chi connectivity index (χ1n) is 11.2. The molecule has 1 unspecified atom stereocenters. The summed E-state index contributed by atoms with van der Waals surface area (Å²) < 4.78 is 10.7. The second kappa shape index (κ2) is 10.3. The van der Waals surface area contributed by atoms with Crippen molar-refractivity contribution in [1.29, 1.82) is 0 Å². The Bertz CT molecular complexity index is 1230. The molecule has 0 fully saturated rings. The predicted octanol–water partition coefficient (Wildman–Crippen LogP) is 4.65. The van der Waals surface area contributed by atoms with Crippen molar-refractivity contribution in [2.45, 2.75) is 25.3 Å². The maximum Gasteiger partial charge on any atom is 0.407 e. The number of carbonyl (C=O) groups is 3. The molecule has 0 saturated carbocycles. The molecule has 2 amide bonds. The highest BCUT2D eigenvalue weighted by Crippen LogP contribution is 2.44. The van der Waals surface area contributed by atoms with Gasteiger partial charge in [0.05, 0.1) is 18.4 Å². The summed E-state index contributed by atoms with van der Waals surface area (Å²) in [7, 11) is 1.42. The molecule has 0 bridgehead atoms. The van der Waals surface area contributed by atoms with E-state index in [-0.39, 0.29) is 30.2 Å². The quantitative estimate of drug-likeness (QED) is 0.438. The maximum absolute atomic E-state index is 12.5. The number of carboxylic acid groups (broad SMARTS) is 1. The lowest BCUT2D eigenvalue weighted by atomic mass is 9.98. The van der Waals surface area contributed by atoms with E-state index in [1.165, 1.54) is 25.3 Å². The number of carboxylic acids is 1. The number of amides is 2. The molecule has 0 saturated heterocycles. The van der Waals surface area contributed by atoms with Crippen LogP contribution in [0.25, 0.3) is 11.1 Å². The van der Waals surface area contributed by atoms with E-state index in [9.17, 15) is 19.5 Å². The second-order valence-electron chi connectivity index (χ2n) is 8.34. The molecule has 0 aliphatic heterocycles. The number of hydrogen-bond acceptors (Lipinski definition) is 5. The monoisotopic (exact) mass is 474 g/mol. The largest absolute Gasteiger partial charge is 0.495 e. The third kappa shape index (κ3) is 5.27. The minimum Gasteiger partial charge on any atom is -0.495 e. The first-order chi connectivity index (χ1) is 16.9. The van der Waals surface area contributed by atoms with Gasteiger partial charge in [0.2, 0.25) is 5.91 Å². The Morgan fingerprint density at radius 1 is 0.971 bits per heavy atom. The first kappa shape index (κ1) is 23.8. The SMILES string of the molecule is COc1ccc(C(=O)O)cc1NC(=O)CC(C)NC(=O)OCC1c2ccccc2-c2ccccc21. The Morgan fingerprint density at radius 3 is 2.20 bits per heavy atom. The van der Waals surface area contributed by atoms with Gasteiger partial charge in [0.1, 0.15) is 12.4 Å². The van der Waals surface area contributed by atoms with Crippen LogP contribution in [0.5, 0.6) is 5.75 Å². The first-order valence-corrected chi connectivity index (χ1v) is 11.2. The van der Waals surface area contributed by atoms with E-state index < -0.39 is 24.0 Å². The molecule has 3 N–H and O–H groups in total. The molecule has 180 valence electrons. The van der Waals surface area contributed by atoms with E-state index in [0.29, 0.717) is 5.75 Å². The highest BCUT2D eigenvalue weighted by atomic mass is 16.5. The number of hydrogen-bond donors (Lipinski definition) is 3. The molecule has 35 heavy (non-hydrogen) atoms. The molecular formula is C27H26N2O6. The van der Waals surface area contributed by atoms with Crippen LogP contribution in [0.15, 0.2) is 66.7 Å². The number of fused-ring (bicyclic) bond motifs is 3. The van der Waals surface area contributed by atoms with Crippen LogP contribution in [0.2, 0.25) is 0 Å². The standard InChI is InChI=1S/C27H26N2O6/c1-16(13-25(30)29-23-14-17(26(31)32)11-12-24(23)34-2)28-27(33)35-15-22-20-9-5-3-7-18(20)19-8-4-6-10-21(19)22/h3-12,14,16,22H,13,15H2,1-2H3,(H,28,33)(H,29,30)(H,31,32). The topological polar surface area (TPSA) is 114 Å². The smallest absolute Gasteiger partial charge is 0.407 e. The van der Waals surface area contributed by atoms with Gasteiger partial charge in [-0.3, -0.25) is 4.79 Å². The van der Waals surface area contributed by atoms with Crippen molar-refractivity contribution >= 4 is 23.7 Å². The Labute approximate surface area is 202 Å². The van der Waals surface area contributed by atoms with Crippen molar-refractivity contribution in [1.82, 2.24) is 5.32 Å². The van der Waals surface area contributed by atoms with Crippen LogP contribution < -0.4 is 15.4 Å². The zero-order valence-electron chi connectivity index (χ0n) is 19.4. The number of nitrogens with one attached hydrogen (secondary N) is 2. The van der Waals surface area contributed by atoms with Crippen molar-refractivity contribution in [3.63, 3.8) is 0 Å². The second-order valence-corrected chi connectivity index (χ2v) is 8.34. The fourth-order valence-electron chi connectivity index (χ4n) is 4.31. The highest BCUT2D eigenvalue weighted by Gasteiger charge is 2.29. The van der Waals surface area contributed by atoms with Gasteiger partial charge in [-0.1, -0.05) is 48.5 Å². The number of rotatable bonds is 8. The molecule has 1 aliphatic carbocycles. The molecule has 0 radical (unpaired) electrons. The third-order valence-corrected chi connectivity index (χ3v) is 5.92. The number of ether oxygens (including phenoxy) is 2. The van der Waals surface area contributed by atoms with Gasteiger partial charge in [0.25, 0.3) is 0 Å². The van der Waals surface area contributed by atoms with Gasteiger partial charge in [-0.15, -0.1) is 0 Å². The number of aromatic carboxylic acids is 1. The summed E-state index contributed by atoms with van der Waals surface area (Å²) in [6.45, 7) is 1.86. The van der Waals surface area contributed by atoms with Crippen LogP contribution in [-0.4, -0.2) is 42.8 Å². The zero-order valence-corrected chi connectivity index (χ0v) is 19.4. The number of anilines is 1. The van der Waals surface area contributed by atoms with Crippen LogP contribution in [0.4, 0.5) is 10.5 Å². The van der Waals surface area contributed by atoms with Gasteiger partial charge >= 0.3 is 12.1 Å². The number of alkyl carbamates (subject to hydrolysis) is 1. The van der Waals surface area contributed by atoms with Crippen LogP contribution in [0.1, 0.15) is 40.7 Å². The van der Waals surface area contributed by atoms with Gasteiger partial charge in [-0.2, -0.15) is 0 Å². The lowest BCUT2D eigenvalue weighted by molar-refractivity contribution is -0.116. The fraction of sp³-hybridized carbons (Fsp3) is 0.222. The van der Waals surface area contributed by atoms with Crippen molar-refractivity contribution in [3.8, 4) is 16.9 Å². The van der Waals surface area contributed by atoms with Crippen molar-refractivity contribution in [2.75, 3.05) is 19.0 Å². The van der Waals surface area contributed by atoms with Gasteiger partial charge in [-0.25, -0.2) is 9.59 Å². The Balaban J connectivity index is 1.32. The lowest BCUT2D eigenvalue weighted by Crippen LogP contribution is -2.36. The minimum atomic E-state index is -1.12. The zero-order chi connectivity index (χ0) is 24.9.